The lowest BCUT2D eigenvalue weighted by Gasteiger charge is -2.35. The molecule has 1 unspecified atom stereocenters. The first-order chi connectivity index (χ1) is 28.2. The highest BCUT2D eigenvalue weighted by atomic mass is 32.2. The SMILES string of the molecule is CCOc1cc(N2CCC(CC[S+](C)O)CC2)c(CC)cc1Nc1nccc(-c2c(-c3ccc(OCC)c(C(=O)Nc4c(F)cccc4F)c3)nc3ccccn23)n1. The predicted octanol–water partition coefficient (Wildman–Crippen LogP) is 9.42. The zero-order chi connectivity index (χ0) is 40.8. The van der Waals surface area contributed by atoms with E-state index in [2.05, 4.69) is 39.6 Å². The molecule has 1 aliphatic rings. The Balaban J connectivity index is 1.22. The van der Waals surface area contributed by atoms with Crippen molar-refractivity contribution in [1.82, 2.24) is 19.4 Å². The van der Waals surface area contributed by atoms with Crippen molar-refractivity contribution in [1.29, 1.82) is 0 Å². The molecule has 0 spiro atoms. The highest BCUT2D eigenvalue weighted by Gasteiger charge is 2.26. The summed E-state index contributed by atoms with van der Waals surface area (Å²) in [5, 5.41) is 5.82. The summed E-state index contributed by atoms with van der Waals surface area (Å²) in [6.07, 6.45) is 9.51. The number of carbonyl (C=O) groups excluding carboxylic acids is 1. The summed E-state index contributed by atoms with van der Waals surface area (Å²) in [7, 11) is 0. The largest absolute Gasteiger partial charge is 0.493 e. The third kappa shape index (κ3) is 8.87. The van der Waals surface area contributed by atoms with Crippen LogP contribution in [0.5, 0.6) is 11.5 Å². The van der Waals surface area contributed by atoms with Crippen molar-refractivity contribution in [3.63, 3.8) is 0 Å². The van der Waals surface area contributed by atoms with Gasteiger partial charge in [-0.3, -0.25) is 9.20 Å². The van der Waals surface area contributed by atoms with E-state index >= 15 is 0 Å². The maximum atomic E-state index is 14.6. The van der Waals surface area contributed by atoms with E-state index in [-0.39, 0.29) is 17.9 Å². The summed E-state index contributed by atoms with van der Waals surface area (Å²) in [5.41, 5.74) is 5.55. The molecule has 0 bridgehead atoms. The Morgan fingerprint density at radius 2 is 1.69 bits per heavy atom. The molecule has 7 rings (SSSR count). The molecule has 1 aliphatic heterocycles. The van der Waals surface area contributed by atoms with Gasteiger partial charge in [0.05, 0.1) is 41.5 Å². The molecule has 4 heterocycles. The summed E-state index contributed by atoms with van der Waals surface area (Å²) in [6, 6.07) is 20.1. The van der Waals surface area contributed by atoms with Gasteiger partial charge < -0.3 is 25.0 Å². The van der Waals surface area contributed by atoms with Crippen molar-refractivity contribution >= 4 is 45.7 Å². The minimum Gasteiger partial charge on any atom is -0.493 e. The van der Waals surface area contributed by atoms with Crippen LogP contribution >= 0.6 is 0 Å². The number of piperidine rings is 1. The topological polar surface area (TPSA) is 126 Å². The Hall–Kier alpha value is -5.73. The third-order valence-corrected chi connectivity index (χ3v) is 11.1. The lowest BCUT2D eigenvalue weighted by atomic mass is 9.93. The number of benzene rings is 3. The predicted molar refractivity (Wildman–Crippen MR) is 228 cm³/mol. The molecule has 302 valence electrons. The van der Waals surface area contributed by atoms with Gasteiger partial charge in [-0.15, -0.1) is 0 Å². The van der Waals surface area contributed by atoms with E-state index in [0.29, 0.717) is 52.5 Å². The number of carbonyl (C=O) groups is 1. The Kier molecular flexibility index (Phi) is 12.7. The number of amides is 1. The van der Waals surface area contributed by atoms with E-state index in [9.17, 15) is 18.1 Å². The summed E-state index contributed by atoms with van der Waals surface area (Å²) in [5.74, 6) is 0.262. The van der Waals surface area contributed by atoms with E-state index in [0.717, 1.165) is 62.3 Å². The van der Waals surface area contributed by atoms with Crippen molar-refractivity contribution < 1.29 is 27.6 Å². The van der Waals surface area contributed by atoms with Gasteiger partial charge in [0.1, 0.15) is 57.7 Å². The minimum absolute atomic E-state index is 0.0784. The van der Waals surface area contributed by atoms with Gasteiger partial charge in [0.25, 0.3) is 5.91 Å². The molecule has 3 aromatic carbocycles. The number of hydrogen-bond donors (Lipinski definition) is 3. The smallest absolute Gasteiger partial charge is 0.259 e. The van der Waals surface area contributed by atoms with Crippen molar-refractivity contribution in [2.75, 3.05) is 53.8 Å². The van der Waals surface area contributed by atoms with E-state index in [1.165, 1.54) is 17.3 Å². The van der Waals surface area contributed by atoms with Gasteiger partial charge in [-0.25, -0.2) is 23.7 Å². The summed E-state index contributed by atoms with van der Waals surface area (Å²) >= 11 is -0.519. The van der Waals surface area contributed by atoms with Crippen LogP contribution in [0.25, 0.3) is 28.3 Å². The second-order valence-corrected chi connectivity index (χ2v) is 15.7. The highest BCUT2D eigenvalue weighted by molar-refractivity contribution is 7.90. The molecule has 11 nitrogen and oxygen atoms in total. The molecule has 3 aromatic heterocycles. The zero-order valence-corrected chi connectivity index (χ0v) is 33.9. The molecule has 0 radical (unpaired) electrons. The van der Waals surface area contributed by atoms with E-state index in [1.807, 2.05) is 42.0 Å². The average Bonchev–Trinajstić information content (AvgIpc) is 3.62. The average molecular weight is 809 g/mol. The van der Waals surface area contributed by atoms with Crippen LogP contribution in [-0.4, -0.2) is 68.1 Å². The fourth-order valence-electron chi connectivity index (χ4n) is 7.41. The summed E-state index contributed by atoms with van der Waals surface area (Å²) < 4.78 is 52.8. The normalized spacial score (nSPS) is 13.7. The van der Waals surface area contributed by atoms with Crippen molar-refractivity contribution in [3.05, 3.63) is 108 Å². The van der Waals surface area contributed by atoms with E-state index in [1.54, 1.807) is 37.4 Å². The molecule has 1 fully saturated rings. The number of hydrogen-bond acceptors (Lipinski definition) is 9. The number of rotatable bonds is 15. The minimum atomic E-state index is -0.894. The quantitative estimate of drug-likeness (QED) is 0.0871. The van der Waals surface area contributed by atoms with Gasteiger partial charge in [0.15, 0.2) is 0 Å². The van der Waals surface area contributed by atoms with Crippen LogP contribution in [0.3, 0.4) is 0 Å². The van der Waals surface area contributed by atoms with Gasteiger partial charge in [0, 0.05) is 42.8 Å². The van der Waals surface area contributed by atoms with Crippen LogP contribution in [0.4, 0.5) is 31.8 Å². The van der Waals surface area contributed by atoms with E-state index < -0.39 is 34.4 Å². The Bertz CT molecular complexity index is 2380. The van der Waals surface area contributed by atoms with Crippen molar-refractivity contribution in [3.8, 4) is 34.1 Å². The standard InChI is InChI=1S/C44H47F2N7O4S/c1-5-29-26-35(38(57-7-3)27-36(29)52-22-17-28(18-23-52)19-24-58(4)55)49-44-47-20-16-34(48-44)42-40(50-39-13-8-9-21-53(39)42)30-14-15-37(56-6-2)31(25-30)43(54)51-41-32(45)11-10-12-33(41)46/h8-16,20-21,25-28,55H,5-7,17-19,22-24H2,1-4H3,(H-,47,48,49,51,54)/p+1. The summed E-state index contributed by atoms with van der Waals surface area (Å²) in [6.45, 7) is 8.55. The molecule has 0 saturated carbocycles. The first-order valence-electron chi connectivity index (χ1n) is 19.6. The molecule has 3 N–H and O–H groups in total. The second-order valence-electron chi connectivity index (χ2n) is 14.1. The van der Waals surface area contributed by atoms with Crippen LogP contribution in [-0.2, 0) is 17.6 Å². The van der Waals surface area contributed by atoms with E-state index in [4.69, 9.17) is 19.4 Å². The Morgan fingerprint density at radius 1 is 0.931 bits per heavy atom. The van der Waals surface area contributed by atoms with Gasteiger partial charge >= 0.3 is 0 Å². The maximum Gasteiger partial charge on any atom is 0.259 e. The fourth-order valence-corrected chi connectivity index (χ4v) is 8.09. The first kappa shape index (κ1) is 40.5. The first-order valence-corrected chi connectivity index (χ1v) is 21.4. The molecule has 58 heavy (non-hydrogen) atoms. The number of fused-ring (bicyclic) bond motifs is 1. The maximum absolute atomic E-state index is 14.6. The number of ether oxygens (including phenoxy) is 2. The number of halogens is 2. The van der Waals surface area contributed by atoms with Crippen LogP contribution in [0, 0.1) is 17.6 Å². The molecule has 1 atom stereocenters. The van der Waals surface area contributed by atoms with Crippen LogP contribution in [0.1, 0.15) is 56.0 Å². The molecular formula is C44H48F2N7O4S+. The highest BCUT2D eigenvalue weighted by Crippen LogP contribution is 2.39. The van der Waals surface area contributed by atoms with Crippen molar-refractivity contribution in [2.45, 2.75) is 46.5 Å². The number of aromatic nitrogens is 4. The number of pyridine rings is 1. The number of para-hydroxylation sites is 1. The molecule has 14 heteroatoms. The van der Waals surface area contributed by atoms with Crippen LogP contribution in [0.15, 0.2) is 85.2 Å². The van der Waals surface area contributed by atoms with Crippen molar-refractivity contribution in [2.24, 2.45) is 5.92 Å². The monoisotopic (exact) mass is 808 g/mol. The Labute approximate surface area is 340 Å². The number of nitrogens with one attached hydrogen (secondary N) is 2. The van der Waals surface area contributed by atoms with Gasteiger partial charge in [-0.1, -0.05) is 19.1 Å². The Morgan fingerprint density at radius 3 is 2.41 bits per heavy atom. The van der Waals surface area contributed by atoms with Gasteiger partial charge in [0.2, 0.25) is 5.95 Å². The number of nitrogens with zero attached hydrogens (tertiary/aromatic N) is 5. The molecule has 1 amide bonds. The second kappa shape index (κ2) is 18.2. The lowest BCUT2D eigenvalue weighted by Crippen LogP contribution is -2.34. The molecule has 6 aromatic rings. The number of aryl methyl sites for hydroxylation is 1. The zero-order valence-electron chi connectivity index (χ0n) is 33.1. The molecular weight excluding hydrogens is 761 g/mol. The van der Waals surface area contributed by atoms with Crippen LogP contribution in [0.2, 0.25) is 0 Å². The molecule has 1 saturated heterocycles. The number of anilines is 4. The fraction of sp³-hybridized carbons (Fsp3) is 0.318. The third-order valence-electron chi connectivity index (χ3n) is 10.3. The summed E-state index contributed by atoms with van der Waals surface area (Å²) in [4.78, 5) is 30.6. The van der Waals surface area contributed by atoms with Crippen LogP contribution < -0.4 is 25.0 Å². The lowest BCUT2D eigenvalue weighted by molar-refractivity contribution is 0.102. The molecule has 0 aliphatic carbocycles. The van der Waals surface area contributed by atoms with Gasteiger partial charge in [-0.2, -0.15) is 4.55 Å². The van der Waals surface area contributed by atoms with Gasteiger partial charge in [-0.05, 0) is 106 Å². The number of imidazole rings is 1.